The molecule has 16 heavy (non-hydrogen) atoms. The third-order valence-corrected chi connectivity index (χ3v) is 4.08. The largest absolute Gasteiger partial charge is 0.395 e. The first-order valence-electron chi connectivity index (χ1n) is 6.20. The normalized spacial score (nSPS) is 24.1. The van der Waals surface area contributed by atoms with Gasteiger partial charge in [0.1, 0.15) is 0 Å². The van der Waals surface area contributed by atoms with Crippen LogP contribution in [0.15, 0.2) is 30.3 Å². The van der Waals surface area contributed by atoms with Crippen LogP contribution in [0.3, 0.4) is 0 Å². The molecule has 0 amide bonds. The molecule has 2 aliphatic rings. The second-order valence-electron chi connectivity index (χ2n) is 5.43. The van der Waals surface area contributed by atoms with E-state index in [0.29, 0.717) is 11.5 Å². The molecule has 1 aliphatic heterocycles. The molecule has 1 unspecified atom stereocenters. The molecule has 0 aromatic heterocycles. The van der Waals surface area contributed by atoms with E-state index in [0.717, 1.165) is 6.42 Å². The van der Waals surface area contributed by atoms with Crippen LogP contribution in [0.5, 0.6) is 0 Å². The Morgan fingerprint density at radius 3 is 2.44 bits per heavy atom. The molecule has 0 radical (unpaired) electrons. The van der Waals surface area contributed by atoms with Crippen LogP contribution in [0, 0.1) is 5.41 Å². The highest BCUT2D eigenvalue weighted by Crippen LogP contribution is 2.53. The van der Waals surface area contributed by atoms with Gasteiger partial charge in [0.15, 0.2) is 0 Å². The summed E-state index contributed by atoms with van der Waals surface area (Å²) >= 11 is 0. The smallest absolute Gasteiger partial charge is 0.0590 e. The van der Waals surface area contributed by atoms with Crippen LogP contribution in [0.25, 0.3) is 0 Å². The molecule has 1 aromatic carbocycles. The minimum absolute atomic E-state index is 0.283. The number of hydrogen-bond acceptors (Lipinski definition) is 2. The molecule has 1 aliphatic carbocycles. The zero-order valence-corrected chi connectivity index (χ0v) is 9.60. The summed E-state index contributed by atoms with van der Waals surface area (Å²) in [5.41, 5.74) is 2.02. The molecule has 2 heteroatoms. The van der Waals surface area contributed by atoms with Gasteiger partial charge < -0.3 is 5.11 Å². The lowest BCUT2D eigenvalue weighted by Gasteiger charge is -2.44. The average Bonchev–Trinajstić information content (AvgIpc) is 3.06. The van der Waals surface area contributed by atoms with Gasteiger partial charge in [-0.15, -0.1) is 0 Å². The first kappa shape index (κ1) is 10.3. The summed E-state index contributed by atoms with van der Waals surface area (Å²) in [6.45, 7) is 2.71. The van der Waals surface area contributed by atoms with Gasteiger partial charge in [0, 0.05) is 19.1 Å². The van der Waals surface area contributed by atoms with Gasteiger partial charge in [0.05, 0.1) is 6.61 Å². The lowest BCUT2D eigenvalue weighted by atomic mass is 9.92. The molecule has 1 aromatic rings. The van der Waals surface area contributed by atoms with Gasteiger partial charge in [-0.3, -0.25) is 4.90 Å². The summed E-state index contributed by atoms with van der Waals surface area (Å²) in [5, 5.41) is 9.47. The third-order valence-electron chi connectivity index (χ3n) is 4.08. The first-order valence-corrected chi connectivity index (χ1v) is 6.20. The highest BCUT2D eigenvalue weighted by atomic mass is 16.3. The second-order valence-corrected chi connectivity index (χ2v) is 5.43. The average molecular weight is 217 g/mol. The van der Waals surface area contributed by atoms with E-state index in [4.69, 9.17) is 0 Å². The summed E-state index contributed by atoms with van der Waals surface area (Å²) in [4.78, 5) is 2.44. The molecule has 1 heterocycles. The molecular weight excluding hydrogens is 198 g/mol. The van der Waals surface area contributed by atoms with Crippen molar-refractivity contribution < 1.29 is 5.11 Å². The Labute approximate surface area is 96.9 Å². The molecule has 86 valence electrons. The predicted molar refractivity (Wildman–Crippen MR) is 64.3 cm³/mol. The van der Waals surface area contributed by atoms with Crippen LogP contribution in [0.4, 0.5) is 0 Å². The van der Waals surface area contributed by atoms with Gasteiger partial charge in [-0.2, -0.15) is 0 Å². The molecule has 1 spiro atoms. The Morgan fingerprint density at radius 2 is 1.88 bits per heavy atom. The van der Waals surface area contributed by atoms with Crippen LogP contribution < -0.4 is 0 Å². The lowest BCUT2D eigenvalue weighted by molar-refractivity contribution is 0.0110. The molecule has 1 atom stereocenters. The van der Waals surface area contributed by atoms with Crippen molar-refractivity contribution in [2.24, 2.45) is 5.41 Å². The van der Waals surface area contributed by atoms with Crippen molar-refractivity contribution in [2.45, 2.75) is 25.3 Å². The van der Waals surface area contributed by atoms with E-state index < -0.39 is 0 Å². The zero-order chi connectivity index (χ0) is 11.0. The van der Waals surface area contributed by atoms with Crippen LogP contribution in [-0.2, 0) is 6.42 Å². The van der Waals surface area contributed by atoms with Gasteiger partial charge >= 0.3 is 0 Å². The fourth-order valence-electron chi connectivity index (χ4n) is 2.76. The van der Waals surface area contributed by atoms with Gasteiger partial charge in [-0.1, -0.05) is 30.3 Å². The third kappa shape index (κ3) is 1.87. The number of benzene rings is 1. The Hall–Kier alpha value is -0.860. The van der Waals surface area contributed by atoms with E-state index in [1.165, 1.54) is 31.5 Å². The molecule has 2 fully saturated rings. The molecule has 1 N–H and O–H groups in total. The van der Waals surface area contributed by atoms with Crippen molar-refractivity contribution in [3.05, 3.63) is 35.9 Å². The number of likely N-dealkylation sites (tertiary alicyclic amines) is 1. The predicted octanol–water partition coefficient (Wildman–Crippen LogP) is 1.69. The fourth-order valence-corrected chi connectivity index (χ4v) is 2.76. The maximum absolute atomic E-state index is 9.47. The van der Waals surface area contributed by atoms with E-state index >= 15 is 0 Å². The van der Waals surface area contributed by atoms with E-state index in [1.807, 2.05) is 6.07 Å². The number of nitrogens with zero attached hydrogens (tertiary/aromatic N) is 1. The molecule has 2 nitrogen and oxygen atoms in total. The van der Waals surface area contributed by atoms with Crippen molar-refractivity contribution in [3.8, 4) is 0 Å². The summed E-state index contributed by atoms with van der Waals surface area (Å²) in [6.07, 6.45) is 3.80. The van der Waals surface area contributed by atoms with Gasteiger partial charge in [-0.05, 0) is 30.2 Å². The topological polar surface area (TPSA) is 23.5 Å². The maximum Gasteiger partial charge on any atom is 0.0590 e. The van der Waals surface area contributed by atoms with E-state index in [9.17, 15) is 5.11 Å². The van der Waals surface area contributed by atoms with E-state index in [-0.39, 0.29) is 6.61 Å². The van der Waals surface area contributed by atoms with Crippen LogP contribution in [0.1, 0.15) is 18.4 Å². The molecule has 1 saturated heterocycles. The molecule has 3 rings (SSSR count). The highest BCUT2D eigenvalue weighted by Gasteiger charge is 2.53. The van der Waals surface area contributed by atoms with Gasteiger partial charge in [-0.25, -0.2) is 0 Å². The first-order chi connectivity index (χ1) is 7.81. The minimum Gasteiger partial charge on any atom is -0.395 e. The van der Waals surface area contributed by atoms with Gasteiger partial charge in [0.25, 0.3) is 0 Å². The number of hydrogen-bond donors (Lipinski definition) is 1. The summed E-state index contributed by atoms with van der Waals surface area (Å²) < 4.78 is 0. The summed E-state index contributed by atoms with van der Waals surface area (Å²) in [7, 11) is 0. The Morgan fingerprint density at radius 1 is 1.19 bits per heavy atom. The maximum atomic E-state index is 9.47. The minimum atomic E-state index is 0.283. The Kier molecular flexibility index (Phi) is 2.49. The standard InChI is InChI=1S/C14H19NO/c16-9-13(8-12-4-2-1-3-5-12)15-10-14(11-15)6-7-14/h1-5,13,16H,6-11H2. The van der Waals surface area contributed by atoms with Crippen molar-refractivity contribution in [1.82, 2.24) is 4.90 Å². The van der Waals surface area contributed by atoms with Crippen LogP contribution in [-0.4, -0.2) is 35.7 Å². The van der Waals surface area contributed by atoms with Gasteiger partial charge in [0.2, 0.25) is 0 Å². The second kappa shape index (κ2) is 3.86. The molecule has 1 saturated carbocycles. The summed E-state index contributed by atoms with van der Waals surface area (Å²) in [5.74, 6) is 0. The monoisotopic (exact) mass is 217 g/mol. The number of rotatable bonds is 4. The van der Waals surface area contributed by atoms with E-state index in [2.05, 4.69) is 29.2 Å². The lowest BCUT2D eigenvalue weighted by Crippen LogP contribution is -2.55. The zero-order valence-electron chi connectivity index (χ0n) is 9.60. The SMILES string of the molecule is OCC(Cc1ccccc1)N1CC2(CC2)C1. The number of aliphatic hydroxyl groups excluding tert-OH is 1. The Balaban J connectivity index is 1.59. The van der Waals surface area contributed by atoms with Crippen LogP contribution in [0.2, 0.25) is 0 Å². The Bertz CT molecular complexity index is 350. The fraction of sp³-hybridized carbons (Fsp3) is 0.571. The quantitative estimate of drug-likeness (QED) is 0.829. The summed E-state index contributed by atoms with van der Waals surface area (Å²) in [6, 6.07) is 10.8. The van der Waals surface area contributed by atoms with Crippen molar-refractivity contribution >= 4 is 0 Å². The van der Waals surface area contributed by atoms with Crippen LogP contribution >= 0.6 is 0 Å². The van der Waals surface area contributed by atoms with Crippen molar-refractivity contribution in [1.29, 1.82) is 0 Å². The molecule has 0 bridgehead atoms. The molecular formula is C14H19NO. The highest BCUT2D eigenvalue weighted by molar-refractivity contribution is 5.17. The van der Waals surface area contributed by atoms with Crippen molar-refractivity contribution in [3.63, 3.8) is 0 Å². The van der Waals surface area contributed by atoms with E-state index in [1.54, 1.807) is 0 Å². The van der Waals surface area contributed by atoms with Crippen molar-refractivity contribution in [2.75, 3.05) is 19.7 Å². The number of aliphatic hydroxyl groups is 1.